The third-order valence-corrected chi connectivity index (χ3v) is 5.14. The van der Waals surface area contributed by atoms with Crippen LogP contribution in [0.15, 0.2) is 60.7 Å². The van der Waals surface area contributed by atoms with Gasteiger partial charge in [0.05, 0.1) is 16.3 Å². The average Bonchev–Trinajstić information content (AvgIpc) is 2.68. The minimum atomic E-state index is -0.589. The molecule has 0 N–H and O–H groups in total. The van der Waals surface area contributed by atoms with Crippen LogP contribution < -0.4 is 10.6 Å². The number of pyridine rings is 1. The molecule has 1 unspecified atom stereocenters. The molecule has 4 rings (SSSR count). The van der Waals surface area contributed by atoms with Crippen molar-refractivity contribution < 1.29 is 9.53 Å². The first-order valence-electron chi connectivity index (χ1n) is 8.95. The molecule has 0 radical (unpaired) electrons. The number of para-hydroxylation sites is 1. The second-order valence-electron chi connectivity index (χ2n) is 6.96. The SMILES string of the molecule is CCC1(C)C=c2nc3ccccc3cc2=C(OCc2ccccc2)C1=O. The van der Waals surface area contributed by atoms with Crippen LogP contribution >= 0.6 is 0 Å². The highest BCUT2D eigenvalue weighted by Crippen LogP contribution is 2.30. The summed E-state index contributed by atoms with van der Waals surface area (Å²) in [5, 5.41) is 2.62. The molecule has 0 aliphatic heterocycles. The van der Waals surface area contributed by atoms with E-state index < -0.39 is 5.41 Å². The Balaban J connectivity index is 1.90. The summed E-state index contributed by atoms with van der Waals surface area (Å²) < 4.78 is 6.06. The molecule has 1 aromatic heterocycles. The Morgan fingerprint density at radius 1 is 1.04 bits per heavy atom. The Hall–Kier alpha value is -2.94. The maximum Gasteiger partial charge on any atom is 0.207 e. The van der Waals surface area contributed by atoms with Crippen LogP contribution in [0.3, 0.4) is 0 Å². The molecule has 3 heteroatoms. The fourth-order valence-electron chi connectivity index (χ4n) is 3.31. The molecule has 1 aliphatic carbocycles. The Morgan fingerprint density at radius 2 is 1.77 bits per heavy atom. The van der Waals surface area contributed by atoms with E-state index in [1.165, 1.54) is 0 Å². The quantitative estimate of drug-likeness (QED) is 0.729. The topological polar surface area (TPSA) is 39.2 Å². The summed E-state index contributed by atoms with van der Waals surface area (Å²) in [5.41, 5.74) is 1.38. The van der Waals surface area contributed by atoms with Crippen LogP contribution in [0.4, 0.5) is 0 Å². The second kappa shape index (κ2) is 6.41. The molecule has 2 aromatic carbocycles. The van der Waals surface area contributed by atoms with Gasteiger partial charge in [0.15, 0.2) is 5.76 Å². The average molecular weight is 343 g/mol. The van der Waals surface area contributed by atoms with Crippen LogP contribution in [0, 0.1) is 5.41 Å². The van der Waals surface area contributed by atoms with E-state index >= 15 is 0 Å². The fourth-order valence-corrected chi connectivity index (χ4v) is 3.31. The van der Waals surface area contributed by atoms with Crippen LogP contribution in [0.5, 0.6) is 0 Å². The zero-order valence-corrected chi connectivity index (χ0v) is 15.0. The fraction of sp³-hybridized carbons (Fsp3) is 0.217. The molecule has 0 spiro atoms. The summed E-state index contributed by atoms with van der Waals surface area (Å²) in [6.45, 7) is 4.35. The van der Waals surface area contributed by atoms with E-state index in [0.29, 0.717) is 18.8 Å². The summed E-state index contributed by atoms with van der Waals surface area (Å²) in [6.07, 6.45) is 2.70. The molecule has 26 heavy (non-hydrogen) atoms. The third kappa shape index (κ3) is 2.80. The number of ketones is 1. The van der Waals surface area contributed by atoms with Crippen molar-refractivity contribution in [2.24, 2.45) is 5.41 Å². The first kappa shape index (κ1) is 16.5. The van der Waals surface area contributed by atoms with Gasteiger partial charge in [0.25, 0.3) is 0 Å². The Morgan fingerprint density at radius 3 is 2.54 bits per heavy atom. The van der Waals surface area contributed by atoms with Gasteiger partial charge in [-0.1, -0.05) is 55.5 Å². The van der Waals surface area contributed by atoms with Crippen LogP contribution in [-0.4, -0.2) is 10.8 Å². The number of carbonyl (C=O) groups excluding carboxylic acids is 1. The van der Waals surface area contributed by atoms with Gasteiger partial charge >= 0.3 is 0 Å². The molecule has 3 aromatic rings. The smallest absolute Gasteiger partial charge is 0.207 e. The van der Waals surface area contributed by atoms with Gasteiger partial charge in [0.1, 0.15) is 6.61 Å². The van der Waals surface area contributed by atoms with E-state index in [1.54, 1.807) is 0 Å². The molecule has 1 atom stereocenters. The Bertz CT molecular complexity index is 1100. The van der Waals surface area contributed by atoms with E-state index in [2.05, 4.69) is 0 Å². The Labute approximate surface area is 152 Å². The van der Waals surface area contributed by atoms with Crippen molar-refractivity contribution >= 4 is 28.5 Å². The molecule has 0 amide bonds. The second-order valence-corrected chi connectivity index (χ2v) is 6.96. The predicted octanol–water partition coefficient (Wildman–Crippen LogP) is 3.34. The van der Waals surface area contributed by atoms with E-state index in [4.69, 9.17) is 9.72 Å². The largest absolute Gasteiger partial charge is 0.484 e. The summed E-state index contributed by atoms with van der Waals surface area (Å²) in [5.74, 6) is 0.453. The highest BCUT2D eigenvalue weighted by Gasteiger charge is 2.36. The zero-order valence-electron chi connectivity index (χ0n) is 15.0. The highest BCUT2D eigenvalue weighted by atomic mass is 16.5. The van der Waals surface area contributed by atoms with Crippen LogP contribution in [0.1, 0.15) is 25.8 Å². The number of hydrogen-bond acceptors (Lipinski definition) is 3. The summed E-state index contributed by atoms with van der Waals surface area (Å²) >= 11 is 0. The zero-order chi connectivity index (χ0) is 18.1. The standard InChI is InChI=1S/C23H21NO2/c1-3-23(2)14-20-18(13-17-11-7-8-12-19(17)24-20)21(22(23)25)26-15-16-9-5-4-6-10-16/h4-14H,3,15H2,1-2H3. The number of rotatable bonds is 4. The maximum atomic E-state index is 13.2. The van der Waals surface area contributed by atoms with Gasteiger partial charge < -0.3 is 4.74 Å². The normalized spacial score (nSPS) is 19.2. The molecule has 0 fully saturated rings. The third-order valence-electron chi connectivity index (χ3n) is 5.14. The lowest BCUT2D eigenvalue weighted by Crippen LogP contribution is -2.44. The molecular formula is C23H21NO2. The van der Waals surface area contributed by atoms with Crippen molar-refractivity contribution in [1.82, 2.24) is 4.98 Å². The minimum Gasteiger partial charge on any atom is -0.484 e. The molecule has 1 heterocycles. The monoisotopic (exact) mass is 343 g/mol. The van der Waals surface area contributed by atoms with Crippen molar-refractivity contribution in [3.8, 4) is 0 Å². The number of carbonyl (C=O) groups is 1. The van der Waals surface area contributed by atoms with Crippen molar-refractivity contribution in [3.63, 3.8) is 0 Å². The minimum absolute atomic E-state index is 0.0283. The summed E-state index contributed by atoms with van der Waals surface area (Å²) in [4.78, 5) is 18.0. The van der Waals surface area contributed by atoms with E-state index in [0.717, 1.165) is 27.0 Å². The van der Waals surface area contributed by atoms with Gasteiger partial charge in [0.2, 0.25) is 5.78 Å². The van der Waals surface area contributed by atoms with Crippen LogP contribution in [0.2, 0.25) is 0 Å². The first-order chi connectivity index (χ1) is 12.6. The number of aromatic nitrogens is 1. The number of nitrogens with zero attached hydrogens (tertiary/aromatic N) is 1. The lowest BCUT2D eigenvalue weighted by atomic mass is 9.79. The molecule has 3 nitrogen and oxygen atoms in total. The summed E-state index contributed by atoms with van der Waals surface area (Å²) in [7, 11) is 0. The van der Waals surface area contributed by atoms with Crippen LogP contribution in [-0.2, 0) is 16.1 Å². The van der Waals surface area contributed by atoms with Crippen molar-refractivity contribution in [2.75, 3.05) is 0 Å². The van der Waals surface area contributed by atoms with Gasteiger partial charge in [-0.25, -0.2) is 4.98 Å². The maximum absolute atomic E-state index is 13.2. The molecule has 0 saturated carbocycles. The van der Waals surface area contributed by atoms with Crippen molar-refractivity contribution in [1.29, 1.82) is 0 Å². The molecule has 0 saturated heterocycles. The molecule has 130 valence electrons. The van der Waals surface area contributed by atoms with Gasteiger partial charge in [-0.05, 0) is 37.1 Å². The van der Waals surface area contributed by atoms with E-state index in [-0.39, 0.29) is 5.78 Å². The lowest BCUT2D eigenvalue weighted by molar-refractivity contribution is -0.121. The highest BCUT2D eigenvalue weighted by molar-refractivity contribution is 6.18. The summed E-state index contributed by atoms with van der Waals surface area (Å²) in [6, 6.07) is 19.9. The number of benzene rings is 2. The predicted molar refractivity (Wildman–Crippen MR) is 104 cm³/mol. The van der Waals surface area contributed by atoms with Crippen LogP contribution in [0.25, 0.3) is 22.7 Å². The Kier molecular flexibility index (Phi) is 4.08. The lowest BCUT2D eigenvalue weighted by Gasteiger charge is -2.27. The molecule has 1 aliphatic rings. The number of ether oxygens (including phenoxy) is 1. The van der Waals surface area contributed by atoms with Gasteiger partial charge in [-0.15, -0.1) is 0 Å². The van der Waals surface area contributed by atoms with Gasteiger partial charge in [0, 0.05) is 10.6 Å². The van der Waals surface area contributed by atoms with Crippen molar-refractivity contribution in [2.45, 2.75) is 26.9 Å². The van der Waals surface area contributed by atoms with E-state index in [1.807, 2.05) is 80.6 Å². The van der Waals surface area contributed by atoms with Gasteiger partial charge in [-0.3, -0.25) is 4.79 Å². The van der Waals surface area contributed by atoms with Crippen molar-refractivity contribution in [3.05, 3.63) is 76.8 Å². The number of Topliss-reactive ketones (excluding diaryl/α,β-unsaturated/α-hetero) is 1. The molecule has 0 bridgehead atoms. The number of fused-ring (bicyclic) bond motifs is 2. The van der Waals surface area contributed by atoms with E-state index in [9.17, 15) is 4.79 Å². The van der Waals surface area contributed by atoms with Gasteiger partial charge in [-0.2, -0.15) is 0 Å². The first-order valence-corrected chi connectivity index (χ1v) is 8.95. The molecular weight excluding hydrogens is 322 g/mol. The number of hydrogen-bond donors (Lipinski definition) is 0.